The van der Waals surface area contributed by atoms with E-state index in [0.29, 0.717) is 16.7 Å². The fourth-order valence-corrected chi connectivity index (χ4v) is 12.1. The number of phenolic OH excluding ortho intramolecular Hbond substituents is 3. The Morgan fingerprint density at radius 3 is 1.12 bits per heavy atom. The Bertz CT molecular complexity index is 4420. The van der Waals surface area contributed by atoms with Crippen molar-refractivity contribution >= 4 is 59.0 Å². The van der Waals surface area contributed by atoms with E-state index >= 15 is 0 Å². The highest BCUT2D eigenvalue weighted by molar-refractivity contribution is 5.91. The van der Waals surface area contributed by atoms with Gasteiger partial charge in [-0.1, -0.05) is 36.4 Å². The van der Waals surface area contributed by atoms with Crippen LogP contribution in [0.2, 0.25) is 0 Å². The molecule has 115 heavy (non-hydrogen) atoms. The van der Waals surface area contributed by atoms with E-state index in [2.05, 4.69) is 0 Å². The highest BCUT2D eigenvalue weighted by Gasteiger charge is 2.51. The zero-order chi connectivity index (χ0) is 82.8. The Balaban J connectivity index is 0.731. The molecule has 6 heterocycles. The minimum Gasteiger partial charge on any atom is -0.508 e. The Morgan fingerprint density at radius 1 is 0.365 bits per heavy atom. The van der Waals surface area contributed by atoms with Gasteiger partial charge in [-0.05, 0) is 83.4 Å². The van der Waals surface area contributed by atoms with Crippen LogP contribution < -0.4 is 23.7 Å². The van der Waals surface area contributed by atoms with Crippen molar-refractivity contribution in [2.45, 2.75) is 160 Å². The molecule has 5 aliphatic rings. The minimum atomic E-state index is -2.14. The summed E-state index contributed by atoms with van der Waals surface area (Å²) in [5, 5.41) is 212. The third-order valence-corrected chi connectivity index (χ3v) is 18.6. The summed E-state index contributed by atoms with van der Waals surface area (Å²) in [5.74, 6) is -8.85. The molecule has 40 nitrogen and oxygen atoms in total. The molecule has 0 bridgehead atoms. The molecule has 0 saturated carbocycles. The molecule has 5 aliphatic heterocycles. The van der Waals surface area contributed by atoms with Gasteiger partial charge in [0.2, 0.25) is 37.2 Å². The highest BCUT2D eigenvalue weighted by Crippen LogP contribution is 2.44. The molecule has 6 aromatic rings. The van der Waals surface area contributed by atoms with Crippen LogP contribution in [0.15, 0.2) is 132 Å². The number of benzene rings is 5. The van der Waals surface area contributed by atoms with E-state index in [-0.39, 0.29) is 39.5 Å². The number of phenols is 3. The molecule has 0 amide bonds. The van der Waals surface area contributed by atoms with Gasteiger partial charge in [-0.2, -0.15) is 0 Å². The average Bonchev–Trinajstić information content (AvgIpc) is 0.763. The van der Waals surface area contributed by atoms with E-state index in [1.54, 1.807) is 0 Å². The van der Waals surface area contributed by atoms with E-state index in [0.717, 1.165) is 48.6 Å². The first-order valence-corrected chi connectivity index (χ1v) is 35.1. The Labute approximate surface area is 648 Å². The second-order valence-electron chi connectivity index (χ2n) is 26.7. The lowest BCUT2D eigenvalue weighted by Gasteiger charge is -2.40. The Kier molecular flexibility index (Phi) is 28.2. The number of rotatable bonds is 28. The van der Waals surface area contributed by atoms with Crippen molar-refractivity contribution in [2.24, 2.45) is 0 Å². The molecular weight excluding hydrogens is 1540 g/mol. The molecule has 5 saturated heterocycles. The molecular formula is C75H81O40+. The number of aliphatic carboxylic acids is 1. The smallest absolute Gasteiger partial charge is 0.402 e. The SMILES string of the molecule is O=C(O)CC(=O)OC[C@H]1O[C@@H](Oc2cc3c(O)cc(O[C@@H]4OC(COC(=O)/C=C/c5ccc(O)cc5)[C@@H](O)[C@H](O)C4O)cc3[o+]c2-c2ccc(O)c(O[C@@H]3O[C@H](COC(=O)/C=C/c4ccc(O[C@@H]5O[C@H](COC(=O)/C=C/c6ccc(O[C@@H]7OC(CO)[C@@H](O)[C@H](O)C7O)cc6)[C@@H](O)C(O)C5O)cc4)[C@@H](O)C(O)C3O)c2)C(O)C(O)[C@@H]1O. The van der Waals surface area contributed by atoms with Gasteiger partial charge in [-0.25, -0.2) is 18.8 Å². The van der Waals surface area contributed by atoms with Gasteiger partial charge in [0.1, 0.15) is 189 Å². The van der Waals surface area contributed by atoms with Crippen LogP contribution in [0.4, 0.5) is 0 Å². The van der Waals surface area contributed by atoms with Crippen LogP contribution in [0.25, 0.3) is 40.5 Å². The largest absolute Gasteiger partial charge is 0.508 e. The third-order valence-electron chi connectivity index (χ3n) is 18.6. The number of hydrogen-bond donors (Lipinski definition) is 20. The van der Waals surface area contributed by atoms with Crippen molar-refractivity contribution in [3.05, 3.63) is 144 Å². The fraction of sp³-hybridized carbons (Fsp3) is 0.413. The number of carboxylic acid groups (broad SMARTS) is 1. The summed E-state index contributed by atoms with van der Waals surface area (Å²) in [7, 11) is 0. The molecule has 0 radical (unpaired) electrons. The number of carbonyl (C=O) groups excluding carboxylic acids is 4. The lowest BCUT2D eigenvalue weighted by Crippen LogP contribution is -2.60. The summed E-state index contributed by atoms with van der Waals surface area (Å²) in [4.78, 5) is 61.8. The zero-order valence-corrected chi connectivity index (χ0v) is 59.6. The molecule has 11 rings (SSSR count). The number of aromatic hydroxyl groups is 3. The van der Waals surface area contributed by atoms with Crippen molar-refractivity contribution in [1.29, 1.82) is 0 Å². The maximum Gasteiger partial charge on any atom is 0.402 e. The van der Waals surface area contributed by atoms with E-state index in [9.17, 15) is 121 Å². The van der Waals surface area contributed by atoms with Gasteiger partial charge in [0, 0.05) is 36.4 Å². The van der Waals surface area contributed by atoms with Gasteiger partial charge in [0.25, 0.3) is 0 Å². The van der Waals surface area contributed by atoms with Crippen LogP contribution in [-0.4, -0.2) is 319 Å². The quantitative estimate of drug-likeness (QED) is 0.00737. The van der Waals surface area contributed by atoms with Crippen LogP contribution in [0.3, 0.4) is 0 Å². The van der Waals surface area contributed by atoms with Crippen molar-refractivity contribution in [2.75, 3.05) is 33.0 Å². The number of fused-ring (bicyclic) bond motifs is 1. The van der Waals surface area contributed by atoms with E-state index in [1.165, 1.54) is 97.1 Å². The molecule has 10 unspecified atom stereocenters. The highest BCUT2D eigenvalue weighted by atomic mass is 16.7. The predicted octanol–water partition coefficient (Wildman–Crippen LogP) is -3.79. The molecule has 5 aromatic carbocycles. The molecule has 0 aliphatic carbocycles. The first kappa shape index (κ1) is 85.5. The zero-order valence-electron chi connectivity index (χ0n) is 59.6. The second-order valence-corrected chi connectivity index (χ2v) is 26.7. The molecule has 1 aromatic heterocycles. The number of aliphatic hydroxyl groups is 16. The third kappa shape index (κ3) is 21.0. The number of ether oxygens (including phenoxy) is 14. The van der Waals surface area contributed by atoms with Crippen LogP contribution in [-0.2, 0) is 66.6 Å². The Morgan fingerprint density at radius 2 is 0.722 bits per heavy atom. The standard InChI is InChI=1S/C75H80O40/c76-26-45-55(86)60(91)65(96)71(111-45)105-36-13-3-32(4-14-36)8-19-52(83)101-27-46-56(87)61(92)66(97)72(112-46)106-37-15-5-33(6-16-37)9-20-53(84)103-29-48-58(89)63(94)68(99)74(114-48)109-43-21-34(10-17-40(43)78)70-44(110-75-69(100)64(95)59(90)49(115-75)30-104-54(85)25-50(80)81)24-39-41(79)22-38(23-42(39)108-70)107-73-67(98)62(93)57(88)47(113-73)28-102-51(82)18-7-31-1-11-35(77)12-2-31/h1-24,45-49,55-69,71-76,86-100H,25-30H2,(H3-,77,78,79,80,81,82)/p+1/b19-8+,20-9+/t45?,46-,47?,48-,49-,55-,56-,57-,58-,59-,60+,61?,62+,63?,64?,65?,66?,67?,68?,69?,71-,72-,73-,74-,75-/m1/s1. The van der Waals surface area contributed by atoms with Crippen molar-refractivity contribution in [3.8, 4) is 57.3 Å². The van der Waals surface area contributed by atoms with Crippen LogP contribution in [0.1, 0.15) is 23.1 Å². The first-order valence-electron chi connectivity index (χ1n) is 35.1. The molecule has 25 atom stereocenters. The minimum absolute atomic E-state index is 0.0226. The average molecular weight is 1620 g/mol. The summed E-state index contributed by atoms with van der Waals surface area (Å²) in [6, 6.07) is 23.7. The maximum absolute atomic E-state index is 13.1. The predicted molar refractivity (Wildman–Crippen MR) is 377 cm³/mol. The van der Waals surface area contributed by atoms with Gasteiger partial charge >= 0.3 is 41.2 Å². The molecule has 5 fully saturated rings. The van der Waals surface area contributed by atoms with E-state index in [1.807, 2.05) is 0 Å². The number of carboxylic acids is 1. The Hall–Kier alpha value is -10.4. The van der Waals surface area contributed by atoms with Crippen LogP contribution in [0.5, 0.6) is 46.0 Å². The van der Waals surface area contributed by atoms with Gasteiger partial charge in [0.15, 0.2) is 11.5 Å². The monoisotopic (exact) mass is 1620 g/mol. The lowest BCUT2D eigenvalue weighted by molar-refractivity contribution is -0.278. The van der Waals surface area contributed by atoms with Gasteiger partial charge in [-0.3, -0.25) is 9.59 Å². The summed E-state index contributed by atoms with van der Waals surface area (Å²) < 4.78 is 84.4. The van der Waals surface area contributed by atoms with Gasteiger partial charge in [-0.15, -0.1) is 0 Å². The summed E-state index contributed by atoms with van der Waals surface area (Å²) in [5.41, 5.74) is 0.801. The molecule has 0 spiro atoms. The van der Waals surface area contributed by atoms with Crippen LogP contribution >= 0.6 is 0 Å². The van der Waals surface area contributed by atoms with Crippen molar-refractivity contribution in [3.63, 3.8) is 0 Å². The summed E-state index contributed by atoms with van der Waals surface area (Å²) in [6.07, 6.45) is -39.2. The first-order chi connectivity index (χ1) is 54.8. The van der Waals surface area contributed by atoms with Crippen molar-refractivity contribution in [1.82, 2.24) is 0 Å². The van der Waals surface area contributed by atoms with Gasteiger partial charge < -0.3 is 168 Å². The topological polar surface area (TPSA) is 630 Å². The molecule has 620 valence electrons. The maximum atomic E-state index is 13.1. The number of esters is 4. The molecule has 20 N–H and O–H groups in total. The normalized spacial score (nSPS) is 31.6. The van der Waals surface area contributed by atoms with E-state index in [4.69, 9.17) is 75.8 Å². The van der Waals surface area contributed by atoms with Gasteiger partial charge in [0.05, 0.1) is 18.2 Å². The lowest BCUT2D eigenvalue weighted by atomic mass is 9.99. The fourth-order valence-electron chi connectivity index (χ4n) is 12.1. The number of hydrogen-bond acceptors (Lipinski definition) is 38. The summed E-state index contributed by atoms with van der Waals surface area (Å²) >= 11 is 0. The second kappa shape index (κ2) is 37.9. The van der Waals surface area contributed by atoms with Crippen molar-refractivity contribution < 1.29 is 197 Å². The summed E-state index contributed by atoms with van der Waals surface area (Å²) in [6.45, 7) is -3.68. The number of aliphatic hydroxyl groups excluding tert-OH is 16. The van der Waals surface area contributed by atoms with Crippen LogP contribution in [0, 0.1) is 0 Å². The molecule has 40 heteroatoms. The number of carbonyl (C=O) groups is 5. The van der Waals surface area contributed by atoms with E-state index < -0.39 is 252 Å².